The summed E-state index contributed by atoms with van der Waals surface area (Å²) in [7, 11) is 0. The summed E-state index contributed by atoms with van der Waals surface area (Å²) in [5, 5.41) is 0.536. The molecule has 31 heavy (non-hydrogen) atoms. The highest BCUT2D eigenvalue weighted by Crippen LogP contribution is 2.42. The van der Waals surface area contributed by atoms with Crippen molar-refractivity contribution in [3.63, 3.8) is 0 Å². The quantitative estimate of drug-likeness (QED) is 0.580. The van der Waals surface area contributed by atoms with Crippen molar-refractivity contribution in [2.75, 3.05) is 18.0 Å². The lowest BCUT2D eigenvalue weighted by Gasteiger charge is -2.32. The van der Waals surface area contributed by atoms with Gasteiger partial charge in [-0.3, -0.25) is 0 Å². The first kappa shape index (κ1) is 22.5. The summed E-state index contributed by atoms with van der Waals surface area (Å²) in [5.74, 6) is 0.964. The average molecular weight is 455 g/mol. The van der Waals surface area contributed by atoms with Crippen molar-refractivity contribution in [3.05, 3.63) is 39.7 Å². The van der Waals surface area contributed by atoms with Gasteiger partial charge in [-0.15, -0.1) is 0 Å². The third-order valence-electron chi connectivity index (χ3n) is 6.70. The van der Waals surface area contributed by atoms with E-state index in [1.54, 1.807) is 4.57 Å². The van der Waals surface area contributed by atoms with Crippen LogP contribution in [0, 0.1) is 25.7 Å². The molecule has 2 N–H and O–H groups in total. The molecular weight excluding hydrogens is 425 g/mol. The minimum absolute atomic E-state index is 0.0345. The normalized spacial score (nSPS) is 18.1. The predicted octanol–water partition coefficient (Wildman–Crippen LogP) is 6.02. The summed E-state index contributed by atoms with van der Waals surface area (Å²) in [6.45, 7) is 5.38. The zero-order chi connectivity index (χ0) is 22.3. The van der Waals surface area contributed by atoms with E-state index in [2.05, 4.69) is 4.98 Å². The maximum absolute atomic E-state index is 14.0. The van der Waals surface area contributed by atoms with Crippen LogP contribution in [0.3, 0.4) is 0 Å². The SMILES string of the molecule is Cc1cc(C)c(N2CCCn3c2nc(C(F)(F)F)c3CC(CN)CC2CCC2)c(Cl)c1. The van der Waals surface area contributed by atoms with E-state index in [0.29, 0.717) is 42.9 Å². The molecule has 4 rings (SSSR count). The molecule has 0 spiro atoms. The largest absolute Gasteiger partial charge is 0.435 e. The first-order valence-corrected chi connectivity index (χ1v) is 11.5. The van der Waals surface area contributed by atoms with Crippen LogP contribution in [0.15, 0.2) is 12.1 Å². The minimum Gasteiger partial charge on any atom is -0.330 e. The van der Waals surface area contributed by atoms with Gasteiger partial charge in [0, 0.05) is 13.1 Å². The number of halogens is 4. The van der Waals surface area contributed by atoms with Crippen molar-refractivity contribution in [3.8, 4) is 0 Å². The van der Waals surface area contributed by atoms with Crippen molar-refractivity contribution < 1.29 is 13.2 Å². The summed E-state index contributed by atoms with van der Waals surface area (Å²) in [5.41, 5.74) is 8.17. The second kappa shape index (κ2) is 8.66. The fourth-order valence-electron chi connectivity index (χ4n) is 5.03. The van der Waals surface area contributed by atoms with Crippen LogP contribution in [0.25, 0.3) is 0 Å². The fourth-order valence-corrected chi connectivity index (χ4v) is 5.46. The molecule has 0 bridgehead atoms. The Balaban J connectivity index is 1.75. The standard InChI is InChI=1S/C23H30ClF3N4/c1-14-9-15(2)20(18(24)10-14)31-8-4-7-30-19(21(23(25,26)27)29-22(30)31)12-17(13-28)11-16-5-3-6-16/h9-10,16-17H,3-8,11-13,28H2,1-2H3. The number of fused-ring (bicyclic) bond motifs is 1. The van der Waals surface area contributed by atoms with Crippen LogP contribution in [-0.2, 0) is 19.1 Å². The van der Waals surface area contributed by atoms with Gasteiger partial charge in [0.05, 0.1) is 16.4 Å². The van der Waals surface area contributed by atoms with Gasteiger partial charge in [-0.1, -0.05) is 36.9 Å². The van der Waals surface area contributed by atoms with Gasteiger partial charge in [-0.25, -0.2) is 4.98 Å². The van der Waals surface area contributed by atoms with E-state index in [1.807, 2.05) is 30.9 Å². The molecule has 1 saturated carbocycles. The van der Waals surface area contributed by atoms with Crippen LogP contribution < -0.4 is 10.6 Å². The summed E-state index contributed by atoms with van der Waals surface area (Å²) in [4.78, 5) is 6.00. The maximum Gasteiger partial charge on any atom is 0.435 e. The number of alkyl halides is 3. The van der Waals surface area contributed by atoms with Crippen molar-refractivity contribution in [2.24, 2.45) is 17.6 Å². The number of benzene rings is 1. The Labute approximate surface area is 186 Å². The van der Waals surface area contributed by atoms with Crippen LogP contribution in [-0.4, -0.2) is 22.6 Å². The Morgan fingerprint density at radius 2 is 1.94 bits per heavy atom. The molecule has 2 heterocycles. The van der Waals surface area contributed by atoms with Crippen molar-refractivity contribution in [1.82, 2.24) is 9.55 Å². The highest BCUT2D eigenvalue weighted by molar-refractivity contribution is 6.33. The van der Waals surface area contributed by atoms with E-state index in [1.165, 1.54) is 6.42 Å². The number of aryl methyl sites for hydroxylation is 2. The van der Waals surface area contributed by atoms with Gasteiger partial charge in [0.25, 0.3) is 0 Å². The van der Waals surface area contributed by atoms with E-state index >= 15 is 0 Å². The number of anilines is 2. The number of hydrogen-bond donors (Lipinski definition) is 1. The number of imidazole rings is 1. The third-order valence-corrected chi connectivity index (χ3v) is 6.99. The molecule has 4 nitrogen and oxygen atoms in total. The Morgan fingerprint density at radius 1 is 1.19 bits per heavy atom. The smallest absolute Gasteiger partial charge is 0.330 e. The van der Waals surface area contributed by atoms with Crippen molar-refractivity contribution in [1.29, 1.82) is 0 Å². The van der Waals surface area contributed by atoms with E-state index in [9.17, 15) is 13.2 Å². The van der Waals surface area contributed by atoms with Gasteiger partial charge in [0.1, 0.15) is 0 Å². The molecule has 8 heteroatoms. The molecule has 2 aliphatic rings. The molecule has 1 unspecified atom stereocenters. The summed E-state index contributed by atoms with van der Waals surface area (Å²) in [6, 6.07) is 3.85. The molecule has 2 aromatic rings. The van der Waals surface area contributed by atoms with E-state index < -0.39 is 11.9 Å². The number of nitrogens with two attached hydrogens (primary N) is 1. The number of rotatable bonds is 6. The van der Waals surface area contributed by atoms with Crippen LogP contribution in [0.2, 0.25) is 5.02 Å². The predicted molar refractivity (Wildman–Crippen MR) is 118 cm³/mol. The molecule has 1 aliphatic heterocycles. The Bertz CT molecular complexity index is 926. The van der Waals surface area contributed by atoms with E-state index in [0.717, 1.165) is 42.5 Å². The second-order valence-electron chi connectivity index (χ2n) is 9.11. The molecular formula is C23H30ClF3N4. The van der Waals surface area contributed by atoms with Gasteiger partial charge >= 0.3 is 6.18 Å². The van der Waals surface area contributed by atoms with Crippen LogP contribution >= 0.6 is 11.6 Å². The first-order valence-electron chi connectivity index (χ1n) is 11.1. The zero-order valence-corrected chi connectivity index (χ0v) is 18.9. The van der Waals surface area contributed by atoms with Crippen molar-refractivity contribution in [2.45, 2.75) is 65.1 Å². The van der Waals surface area contributed by atoms with Gasteiger partial charge < -0.3 is 15.2 Å². The molecule has 1 atom stereocenters. The Morgan fingerprint density at radius 3 is 2.52 bits per heavy atom. The Kier molecular flexibility index (Phi) is 6.28. The highest BCUT2D eigenvalue weighted by Gasteiger charge is 2.41. The van der Waals surface area contributed by atoms with Crippen molar-refractivity contribution >= 4 is 23.2 Å². The highest BCUT2D eigenvalue weighted by atomic mass is 35.5. The fraction of sp³-hybridized carbons (Fsp3) is 0.609. The summed E-state index contributed by atoms with van der Waals surface area (Å²) >= 11 is 6.54. The third kappa shape index (κ3) is 4.44. The molecule has 1 aromatic heterocycles. The maximum atomic E-state index is 14.0. The molecule has 1 aromatic carbocycles. The monoisotopic (exact) mass is 454 g/mol. The van der Waals surface area contributed by atoms with Crippen LogP contribution in [0.5, 0.6) is 0 Å². The first-order chi connectivity index (χ1) is 14.7. The molecule has 1 fully saturated rings. The lowest BCUT2D eigenvalue weighted by Crippen LogP contribution is -2.30. The van der Waals surface area contributed by atoms with E-state index in [4.69, 9.17) is 17.3 Å². The molecule has 1 aliphatic carbocycles. The molecule has 0 saturated heterocycles. The summed E-state index contributed by atoms with van der Waals surface area (Å²) in [6.07, 6.45) is 0.951. The number of nitrogens with zero attached hydrogens (tertiary/aromatic N) is 3. The number of hydrogen-bond acceptors (Lipinski definition) is 3. The Hall–Kier alpha value is -1.73. The number of aromatic nitrogens is 2. The van der Waals surface area contributed by atoms with Crippen LogP contribution in [0.4, 0.5) is 24.8 Å². The van der Waals surface area contributed by atoms with Gasteiger partial charge in [-0.05, 0) is 68.7 Å². The van der Waals surface area contributed by atoms with E-state index in [-0.39, 0.29) is 11.6 Å². The minimum atomic E-state index is -4.51. The molecule has 170 valence electrons. The van der Waals surface area contributed by atoms with Gasteiger partial charge in [0.2, 0.25) is 5.95 Å². The lowest BCUT2D eigenvalue weighted by molar-refractivity contribution is -0.141. The lowest BCUT2D eigenvalue weighted by atomic mass is 9.78. The topological polar surface area (TPSA) is 47.1 Å². The molecule has 0 radical (unpaired) electrons. The zero-order valence-electron chi connectivity index (χ0n) is 18.1. The second-order valence-corrected chi connectivity index (χ2v) is 9.52. The van der Waals surface area contributed by atoms with Gasteiger partial charge in [0.15, 0.2) is 5.69 Å². The average Bonchev–Trinajstić information content (AvgIpc) is 3.02. The van der Waals surface area contributed by atoms with Gasteiger partial charge in [-0.2, -0.15) is 13.2 Å². The van der Waals surface area contributed by atoms with Crippen LogP contribution in [0.1, 0.15) is 54.6 Å². The summed E-state index contributed by atoms with van der Waals surface area (Å²) < 4.78 is 43.8. The molecule has 0 amide bonds.